The molecule has 1 fully saturated rings. The molecule has 0 radical (unpaired) electrons. The largest absolute Gasteiger partial charge is 0.399 e. The number of hydrogen-bond acceptors (Lipinski definition) is 2. The molecule has 1 aliphatic heterocycles. The van der Waals surface area contributed by atoms with Gasteiger partial charge in [0.25, 0.3) is 0 Å². The summed E-state index contributed by atoms with van der Waals surface area (Å²) in [5.41, 5.74) is 7.17. The highest BCUT2D eigenvalue weighted by Gasteiger charge is 2.31. The predicted octanol–water partition coefficient (Wildman–Crippen LogP) is 1.19. The minimum atomic E-state index is -0.282. The molecule has 1 saturated heterocycles. The number of urea groups is 1. The van der Waals surface area contributed by atoms with Crippen LogP contribution in [0, 0.1) is 0 Å². The molecule has 1 aliphatic rings. The summed E-state index contributed by atoms with van der Waals surface area (Å²) in [5.74, 6) is 0. The molecule has 4 heteroatoms. The van der Waals surface area contributed by atoms with Gasteiger partial charge in [-0.2, -0.15) is 0 Å². The van der Waals surface area contributed by atoms with Crippen molar-refractivity contribution in [1.29, 1.82) is 0 Å². The van der Waals surface area contributed by atoms with E-state index >= 15 is 0 Å². The number of carbonyl (C=O) groups is 1. The number of anilines is 1. The van der Waals surface area contributed by atoms with E-state index in [0.29, 0.717) is 6.54 Å². The van der Waals surface area contributed by atoms with Crippen LogP contribution in [0.1, 0.15) is 18.9 Å². The van der Waals surface area contributed by atoms with Gasteiger partial charge in [-0.3, -0.25) is 0 Å². The van der Waals surface area contributed by atoms with Crippen molar-refractivity contribution in [2.75, 3.05) is 12.3 Å². The zero-order valence-electron chi connectivity index (χ0n) is 8.71. The van der Waals surface area contributed by atoms with Gasteiger partial charge in [0, 0.05) is 12.2 Å². The maximum Gasteiger partial charge on any atom is 0.315 e. The van der Waals surface area contributed by atoms with Crippen molar-refractivity contribution in [3.63, 3.8) is 0 Å². The fourth-order valence-corrected chi connectivity index (χ4v) is 1.85. The highest BCUT2D eigenvalue weighted by atomic mass is 16.2. The average molecular weight is 205 g/mol. The highest BCUT2D eigenvalue weighted by Crippen LogP contribution is 2.26. The van der Waals surface area contributed by atoms with Crippen LogP contribution < -0.4 is 16.4 Å². The van der Waals surface area contributed by atoms with Crippen LogP contribution in [0.4, 0.5) is 10.5 Å². The number of amides is 2. The smallest absolute Gasteiger partial charge is 0.315 e. The Bertz CT molecular complexity index is 374. The Balaban J connectivity index is 2.28. The van der Waals surface area contributed by atoms with Gasteiger partial charge in [0.1, 0.15) is 0 Å². The Kier molecular flexibility index (Phi) is 2.26. The van der Waals surface area contributed by atoms with Gasteiger partial charge in [0.2, 0.25) is 0 Å². The zero-order chi connectivity index (χ0) is 10.9. The van der Waals surface area contributed by atoms with Crippen molar-refractivity contribution in [1.82, 2.24) is 10.6 Å². The molecule has 1 aromatic rings. The lowest BCUT2D eigenvalue weighted by molar-refractivity contribution is 0.211. The molecule has 4 nitrogen and oxygen atoms in total. The fraction of sp³-hybridized carbons (Fsp3) is 0.364. The zero-order valence-corrected chi connectivity index (χ0v) is 8.71. The Morgan fingerprint density at radius 3 is 2.60 bits per heavy atom. The summed E-state index contributed by atoms with van der Waals surface area (Å²) >= 11 is 0. The summed E-state index contributed by atoms with van der Waals surface area (Å²) in [7, 11) is 0. The summed E-state index contributed by atoms with van der Waals surface area (Å²) in [6, 6.07) is 7.52. The third kappa shape index (κ3) is 1.88. The van der Waals surface area contributed by atoms with Crippen LogP contribution >= 0.6 is 0 Å². The van der Waals surface area contributed by atoms with Gasteiger partial charge in [-0.25, -0.2) is 4.79 Å². The normalized spacial score (nSPS) is 25.5. The van der Waals surface area contributed by atoms with Gasteiger partial charge in [-0.05, 0) is 31.0 Å². The van der Waals surface area contributed by atoms with Crippen molar-refractivity contribution < 1.29 is 4.79 Å². The Morgan fingerprint density at radius 1 is 1.33 bits per heavy atom. The average Bonchev–Trinajstić information content (AvgIpc) is 2.18. The van der Waals surface area contributed by atoms with E-state index in [4.69, 9.17) is 5.73 Å². The summed E-state index contributed by atoms with van der Waals surface area (Å²) in [6.07, 6.45) is 0.878. The van der Waals surface area contributed by atoms with Crippen LogP contribution in [0.25, 0.3) is 0 Å². The second-order valence-electron chi connectivity index (χ2n) is 4.09. The first kappa shape index (κ1) is 9.83. The molecule has 0 spiro atoms. The fourth-order valence-electron chi connectivity index (χ4n) is 1.85. The maximum absolute atomic E-state index is 11.3. The SMILES string of the molecule is CC1(c2ccc(N)cc2)CCNC(=O)N1. The molecule has 0 aliphatic carbocycles. The van der Waals surface area contributed by atoms with Gasteiger partial charge in [-0.1, -0.05) is 12.1 Å². The van der Waals surface area contributed by atoms with E-state index < -0.39 is 0 Å². The molecule has 0 saturated carbocycles. The molecule has 1 unspecified atom stereocenters. The standard InChI is InChI=1S/C11H15N3O/c1-11(6-7-13-10(15)14-11)8-2-4-9(12)5-3-8/h2-5H,6-7,12H2,1H3,(H2,13,14,15). The molecule has 2 amide bonds. The predicted molar refractivity (Wildman–Crippen MR) is 59.4 cm³/mol. The van der Waals surface area contributed by atoms with E-state index in [1.807, 2.05) is 31.2 Å². The minimum Gasteiger partial charge on any atom is -0.399 e. The van der Waals surface area contributed by atoms with Crippen molar-refractivity contribution in [2.45, 2.75) is 18.9 Å². The van der Waals surface area contributed by atoms with E-state index in [9.17, 15) is 4.79 Å². The lowest BCUT2D eigenvalue weighted by Gasteiger charge is -2.35. The molecule has 1 atom stereocenters. The van der Waals surface area contributed by atoms with E-state index in [-0.39, 0.29) is 11.6 Å². The molecule has 0 aromatic heterocycles. The first-order valence-corrected chi connectivity index (χ1v) is 5.02. The minimum absolute atomic E-state index is 0.111. The maximum atomic E-state index is 11.3. The van der Waals surface area contributed by atoms with Crippen LogP contribution in [0.5, 0.6) is 0 Å². The second kappa shape index (κ2) is 3.46. The van der Waals surface area contributed by atoms with Crippen LogP contribution in [0.2, 0.25) is 0 Å². The van der Waals surface area contributed by atoms with Crippen molar-refractivity contribution in [2.24, 2.45) is 0 Å². The molecule has 80 valence electrons. The highest BCUT2D eigenvalue weighted by molar-refractivity contribution is 5.76. The van der Waals surface area contributed by atoms with E-state index in [0.717, 1.165) is 17.7 Å². The van der Waals surface area contributed by atoms with Crippen molar-refractivity contribution >= 4 is 11.7 Å². The number of nitrogen functional groups attached to an aromatic ring is 1. The van der Waals surface area contributed by atoms with E-state index in [2.05, 4.69) is 10.6 Å². The molecule has 2 rings (SSSR count). The van der Waals surface area contributed by atoms with Crippen LogP contribution in [0.3, 0.4) is 0 Å². The monoisotopic (exact) mass is 205 g/mol. The van der Waals surface area contributed by atoms with Gasteiger partial charge in [0.05, 0.1) is 5.54 Å². The molecular weight excluding hydrogens is 190 g/mol. The second-order valence-corrected chi connectivity index (χ2v) is 4.09. The van der Waals surface area contributed by atoms with E-state index in [1.165, 1.54) is 0 Å². The molecule has 4 N–H and O–H groups in total. The third-order valence-corrected chi connectivity index (χ3v) is 2.85. The van der Waals surface area contributed by atoms with Crippen molar-refractivity contribution in [3.05, 3.63) is 29.8 Å². The number of rotatable bonds is 1. The molecule has 0 bridgehead atoms. The topological polar surface area (TPSA) is 67.1 Å². The quantitative estimate of drug-likeness (QED) is 0.603. The summed E-state index contributed by atoms with van der Waals surface area (Å²) < 4.78 is 0. The first-order valence-electron chi connectivity index (χ1n) is 5.02. The van der Waals surface area contributed by atoms with Crippen LogP contribution in [-0.2, 0) is 5.54 Å². The summed E-state index contributed by atoms with van der Waals surface area (Å²) in [5, 5.41) is 5.68. The van der Waals surface area contributed by atoms with Gasteiger partial charge in [0.15, 0.2) is 0 Å². The summed E-state index contributed by atoms with van der Waals surface area (Å²) in [6.45, 7) is 2.73. The molecule has 1 heterocycles. The number of nitrogens with two attached hydrogens (primary N) is 1. The lowest BCUT2D eigenvalue weighted by Crippen LogP contribution is -2.54. The molecular formula is C11H15N3O. The Hall–Kier alpha value is -1.71. The van der Waals surface area contributed by atoms with E-state index in [1.54, 1.807) is 0 Å². The molecule has 1 aromatic carbocycles. The molecule has 15 heavy (non-hydrogen) atoms. The van der Waals surface area contributed by atoms with Crippen LogP contribution in [-0.4, -0.2) is 12.6 Å². The van der Waals surface area contributed by atoms with Crippen LogP contribution in [0.15, 0.2) is 24.3 Å². The van der Waals surface area contributed by atoms with Gasteiger partial charge < -0.3 is 16.4 Å². The number of nitrogens with one attached hydrogen (secondary N) is 2. The van der Waals surface area contributed by atoms with Crippen molar-refractivity contribution in [3.8, 4) is 0 Å². The number of benzene rings is 1. The number of hydrogen-bond donors (Lipinski definition) is 3. The summed E-state index contributed by atoms with van der Waals surface area (Å²) in [4.78, 5) is 11.3. The Morgan fingerprint density at radius 2 is 2.00 bits per heavy atom. The lowest BCUT2D eigenvalue weighted by atomic mass is 9.87. The number of carbonyl (C=O) groups excluding carboxylic acids is 1. The first-order chi connectivity index (χ1) is 7.10. The van der Waals surface area contributed by atoms with Gasteiger partial charge >= 0.3 is 6.03 Å². The Labute approximate surface area is 88.9 Å². The third-order valence-electron chi connectivity index (χ3n) is 2.85. The van der Waals surface area contributed by atoms with Gasteiger partial charge in [-0.15, -0.1) is 0 Å².